The van der Waals surface area contributed by atoms with E-state index in [-0.39, 0.29) is 18.4 Å². The number of rotatable bonds is 2. The maximum Gasteiger partial charge on any atom is 0.267 e. The number of carbonyl (C=O) groups excluding carboxylic acids is 1. The molecule has 1 saturated heterocycles. The Morgan fingerprint density at radius 3 is 2.92 bits per heavy atom. The van der Waals surface area contributed by atoms with Gasteiger partial charge < -0.3 is 14.4 Å². The fourth-order valence-electron chi connectivity index (χ4n) is 3.20. The molecular formula is C17H19N3O3S. The van der Waals surface area contributed by atoms with Crippen molar-refractivity contribution in [2.45, 2.75) is 31.8 Å². The van der Waals surface area contributed by atoms with Crippen LogP contribution in [0, 0.1) is 6.92 Å². The minimum absolute atomic E-state index is 0.00422. The molecule has 2 aromatic rings. The van der Waals surface area contributed by atoms with E-state index in [0.717, 1.165) is 29.4 Å². The molecule has 2 atom stereocenters. The van der Waals surface area contributed by atoms with E-state index in [1.54, 1.807) is 11.3 Å². The van der Waals surface area contributed by atoms with E-state index >= 15 is 0 Å². The second kappa shape index (κ2) is 6.39. The van der Waals surface area contributed by atoms with Crippen LogP contribution in [0.5, 0.6) is 11.5 Å². The number of carbonyl (C=O) groups is 1. The summed E-state index contributed by atoms with van der Waals surface area (Å²) in [6.45, 7) is 3.65. The van der Waals surface area contributed by atoms with Crippen LogP contribution in [0.4, 0.5) is 0 Å². The molecule has 0 radical (unpaired) electrons. The third-order valence-corrected chi connectivity index (χ3v) is 5.41. The van der Waals surface area contributed by atoms with Crippen LogP contribution in [0.25, 0.3) is 0 Å². The van der Waals surface area contributed by atoms with Crippen molar-refractivity contribution in [3.8, 4) is 11.5 Å². The van der Waals surface area contributed by atoms with Crippen LogP contribution in [-0.2, 0) is 4.79 Å². The highest BCUT2D eigenvalue weighted by atomic mass is 32.1. The van der Waals surface area contributed by atoms with Crippen molar-refractivity contribution in [2.75, 3.05) is 19.7 Å². The summed E-state index contributed by atoms with van der Waals surface area (Å²) < 4.78 is 11.5. The first-order chi connectivity index (χ1) is 11.7. The van der Waals surface area contributed by atoms with Gasteiger partial charge in [0.25, 0.3) is 5.91 Å². The molecule has 7 heteroatoms. The van der Waals surface area contributed by atoms with Crippen LogP contribution in [0.3, 0.4) is 0 Å². The summed E-state index contributed by atoms with van der Waals surface area (Å²) in [7, 11) is 0. The van der Waals surface area contributed by atoms with E-state index in [1.807, 2.05) is 36.1 Å². The Labute approximate surface area is 144 Å². The average molecular weight is 345 g/mol. The second-order valence-corrected chi connectivity index (χ2v) is 7.36. The number of aromatic nitrogens is 2. The molecule has 0 spiro atoms. The lowest BCUT2D eigenvalue weighted by molar-refractivity contribution is -0.142. The van der Waals surface area contributed by atoms with E-state index in [9.17, 15) is 4.79 Å². The van der Waals surface area contributed by atoms with Crippen LogP contribution >= 0.6 is 11.3 Å². The molecule has 1 aromatic carbocycles. The summed E-state index contributed by atoms with van der Waals surface area (Å²) >= 11 is 1.62. The van der Waals surface area contributed by atoms with Gasteiger partial charge in [-0.2, -0.15) is 0 Å². The van der Waals surface area contributed by atoms with Crippen molar-refractivity contribution in [3.63, 3.8) is 0 Å². The molecule has 0 N–H and O–H groups in total. The average Bonchev–Trinajstić information content (AvgIpc) is 3.07. The van der Waals surface area contributed by atoms with Crippen molar-refractivity contribution in [1.82, 2.24) is 15.1 Å². The fraction of sp³-hybridized carbons (Fsp3) is 0.471. The zero-order chi connectivity index (χ0) is 16.5. The minimum Gasteiger partial charge on any atom is -0.485 e. The van der Waals surface area contributed by atoms with Crippen molar-refractivity contribution >= 4 is 17.2 Å². The van der Waals surface area contributed by atoms with Gasteiger partial charge in [0.1, 0.15) is 16.6 Å². The molecule has 2 aliphatic rings. The summed E-state index contributed by atoms with van der Waals surface area (Å²) in [5.74, 6) is 1.60. The van der Waals surface area contributed by atoms with Crippen molar-refractivity contribution in [2.24, 2.45) is 0 Å². The lowest BCUT2D eigenvalue weighted by Gasteiger charge is -2.35. The third kappa shape index (κ3) is 2.96. The van der Waals surface area contributed by atoms with Gasteiger partial charge in [0.05, 0.1) is 0 Å². The number of amides is 1. The standard InChI is InChI=1S/C17H19N3O3S/c1-11-18-19-16(24-11)12-5-4-8-20(9-12)17(21)15-10-22-13-6-2-3-7-14(13)23-15/h2-3,6-7,12,15H,4-5,8-10H2,1H3/t12-,15-/m0/s1. The Bertz CT molecular complexity index is 748. The Morgan fingerprint density at radius 2 is 2.12 bits per heavy atom. The highest BCUT2D eigenvalue weighted by molar-refractivity contribution is 7.11. The number of hydrogen-bond donors (Lipinski definition) is 0. The summed E-state index contributed by atoms with van der Waals surface area (Å²) in [6, 6.07) is 7.45. The van der Waals surface area contributed by atoms with Gasteiger partial charge in [0.2, 0.25) is 6.10 Å². The number of piperidine rings is 1. The molecule has 0 saturated carbocycles. The highest BCUT2D eigenvalue weighted by Crippen LogP contribution is 2.33. The van der Waals surface area contributed by atoms with Gasteiger partial charge in [-0.15, -0.1) is 21.5 Å². The van der Waals surface area contributed by atoms with Crippen LogP contribution in [0.15, 0.2) is 24.3 Å². The normalized spacial score (nSPS) is 23.1. The molecule has 1 amide bonds. The quantitative estimate of drug-likeness (QED) is 0.836. The SMILES string of the molecule is Cc1nnc([C@H]2CCCN(C(=O)[C@@H]3COc4ccccc4O3)C2)s1. The number of benzene rings is 1. The van der Waals surface area contributed by atoms with Gasteiger partial charge in [0.15, 0.2) is 11.5 Å². The van der Waals surface area contributed by atoms with Gasteiger partial charge in [-0.1, -0.05) is 12.1 Å². The fourth-order valence-corrected chi connectivity index (χ4v) is 4.03. The predicted octanol–water partition coefficient (Wildman–Crippen LogP) is 2.39. The molecule has 1 fully saturated rings. The first kappa shape index (κ1) is 15.4. The lowest BCUT2D eigenvalue weighted by Crippen LogP contribution is -2.49. The molecule has 126 valence electrons. The third-order valence-electron chi connectivity index (χ3n) is 4.41. The van der Waals surface area contributed by atoms with E-state index in [0.29, 0.717) is 18.0 Å². The van der Waals surface area contributed by atoms with Crippen LogP contribution in [0.1, 0.15) is 28.8 Å². The van der Waals surface area contributed by atoms with Crippen molar-refractivity contribution in [3.05, 3.63) is 34.3 Å². The summed E-state index contributed by atoms with van der Waals surface area (Å²) in [5, 5.41) is 10.3. The van der Waals surface area contributed by atoms with Crippen LogP contribution in [0.2, 0.25) is 0 Å². The monoisotopic (exact) mass is 345 g/mol. The molecule has 1 aromatic heterocycles. The molecule has 0 bridgehead atoms. The van der Waals surface area contributed by atoms with E-state index < -0.39 is 6.10 Å². The molecule has 2 aliphatic heterocycles. The first-order valence-corrected chi connectivity index (χ1v) is 8.99. The summed E-state index contributed by atoms with van der Waals surface area (Å²) in [6.07, 6.45) is 1.44. The van der Waals surface area contributed by atoms with E-state index in [4.69, 9.17) is 9.47 Å². The Morgan fingerprint density at radius 1 is 1.29 bits per heavy atom. The topological polar surface area (TPSA) is 64.6 Å². The zero-order valence-electron chi connectivity index (χ0n) is 13.5. The molecule has 24 heavy (non-hydrogen) atoms. The summed E-state index contributed by atoms with van der Waals surface area (Å²) in [5.41, 5.74) is 0. The minimum atomic E-state index is -0.574. The van der Waals surface area contributed by atoms with Gasteiger partial charge >= 0.3 is 0 Å². The maximum atomic E-state index is 12.8. The van der Waals surface area contributed by atoms with Crippen molar-refractivity contribution < 1.29 is 14.3 Å². The van der Waals surface area contributed by atoms with Crippen LogP contribution < -0.4 is 9.47 Å². The largest absolute Gasteiger partial charge is 0.485 e. The smallest absolute Gasteiger partial charge is 0.267 e. The number of likely N-dealkylation sites (tertiary alicyclic amines) is 1. The van der Waals surface area contributed by atoms with Gasteiger partial charge in [-0.3, -0.25) is 4.79 Å². The van der Waals surface area contributed by atoms with Gasteiger partial charge in [-0.05, 0) is 31.9 Å². The predicted molar refractivity (Wildman–Crippen MR) is 89.6 cm³/mol. The van der Waals surface area contributed by atoms with Crippen molar-refractivity contribution in [1.29, 1.82) is 0 Å². The number of aryl methyl sites for hydroxylation is 1. The Hall–Kier alpha value is -2.15. The Kier molecular flexibility index (Phi) is 4.10. The number of hydrogen-bond acceptors (Lipinski definition) is 6. The molecule has 0 unspecified atom stereocenters. The maximum absolute atomic E-state index is 12.8. The highest BCUT2D eigenvalue weighted by Gasteiger charge is 2.34. The van der Waals surface area contributed by atoms with Crippen LogP contribution in [-0.4, -0.2) is 46.8 Å². The summed E-state index contributed by atoms with van der Waals surface area (Å²) in [4.78, 5) is 14.7. The number of nitrogens with zero attached hydrogens (tertiary/aromatic N) is 3. The van der Waals surface area contributed by atoms with Gasteiger partial charge in [0, 0.05) is 19.0 Å². The molecule has 4 rings (SSSR count). The van der Waals surface area contributed by atoms with E-state index in [1.165, 1.54) is 0 Å². The lowest BCUT2D eigenvalue weighted by atomic mass is 9.98. The zero-order valence-corrected chi connectivity index (χ0v) is 14.3. The number of para-hydroxylation sites is 2. The van der Waals surface area contributed by atoms with E-state index in [2.05, 4.69) is 10.2 Å². The molecule has 0 aliphatic carbocycles. The second-order valence-electron chi connectivity index (χ2n) is 6.15. The van der Waals surface area contributed by atoms with Gasteiger partial charge in [-0.25, -0.2) is 0 Å². The molecular weight excluding hydrogens is 326 g/mol. The number of ether oxygens (including phenoxy) is 2. The molecule has 6 nitrogen and oxygen atoms in total. The first-order valence-electron chi connectivity index (χ1n) is 8.18. The number of fused-ring (bicyclic) bond motifs is 1. The molecule has 3 heterocycles. The Balaban J connectivity index is 1.45.